The van der Waals surface area contributed by atoms with E-state index in [0.29, 0.717) is 5.56 Å². The fourth-order valence-electron chi connectivity index (χ4n) is 2.58. The topological polar surface area (TPSA) is 32.5 Å². The number of nitrogens with two attached hydrogens (primary N) is 1. The summed E-state index contributed by atoms with van der Waals surface area (Å²) in [4.78, 5) is 4.27. The van der Waals surface area contributed by atoms with E-state index < -0.39 is 17.8 Å². The lowest BCUT2D eigenvalue weighted by molar-refractivity contribution is -0.137. The number of alkyl halides is 3. The molecule has 1 saturated heterocycles. The minimum Gasteiger partial charge on any atom is -0.323 e. The summed E-state index contributed by atoms with van der Waals surface area (Å²) in [6.45, 7) is 2.57. The number of likely N-dealkylation sites (N-methyl/N-ethyl adjacent to an activating group) is 2. The fourth-order valence-corrected chi connectivity index (χ4v) is 2.58. The van der Waals surface area contributed by atoms with Crippen LogP contribution in [0.4, 0.5) is 13.2 Å². The normalized spacial score (nSPS) is 23.8. The Kier molecular flexibility index (Phi) is 4.36. The van der Waals surface area contributed by atoms with Crippen molar-refractivity contribution in [1.29, 1.82) is 0 Å². The molecule has 20 heavy (non-hydrogen) atoms. The molecule has 1 heterocycles. The van der Waals surface area contributed by atoms with Gasteiger partial charge in [0.1, 0.15) is 0 Å². The van der Waals surface area contributed by atoms with Gasteiger partial charge in [0, 0.05) is 31.7 Å². The third-order valence-electron chi connectivity index (χ3n) is 3.91. The molecule has 2 unspecified atom stereocenters. The largest absolute Gasteiger partial charge is 0.416 e. The van der Waals surface area contributed by atoms with Crippen LogP contribution in [0.1, 0.15) is 17.2 Å². The number of piperazine rings is 1. The van der Waals surface area contributed by atoms with E-state index in [-0.39, 0.29) is 6.04 Å². The molecular formula is C14H20F3N3. The van der Waals surface area contributed by atoms with Crippen LogP contribution in [0.5, 0.6) is 0 Å². The molecule has 3 nitrogen and oxygen atoms in total. The van der Waals surface area contributed by atoms with Gasteiger partial charge in [-0.2, -0.15) is 13.2 Å². The van der Waals surface area contributed by atoms with Crippen molar-refractivity contribution in [3.63, 3.8) is 0 Å². The molecule has 0 amide bonds. The maximum atomic E-state index is 12.8. The molecule has 2 N–H and O–H groups in total. The Bertz CT molecular complexity index is 461. The molecule has 0 aromatic heterocycles. The number of rotatable bonds is 2. The van der Waals surface area contributed by atoms with Crippen LogP contribution in [0.3, 0.4) is 0 Å². The van der Waals surface area contributed by atoms with Gasteiger partial charge in [0.15, 0.2) is 0 Å². The predicted molar refractivity (Wildman–Crippen MR) is 72.3 cm³/mol. The Morgan fingerprint density at radius 3 is 2.60 bits per heavy atom. The Morgan fingerprint density at radius 2 is 1.95 bits per heavy atom. The van der Waals surface area contributed by atoms with E-state index in [1.807, 2.05) is 14.1 Å². The molecule has 0 radical (unpaired) electrons. The number of halogens is 3. The first-order valence-electron chi connectivity index (χ1n) is 6.60. The van der Waals surface area contributed by atoms with Crippen molar-refractivity contribution in [2.24, 2.45) is 5.73 Å². The Labute approximate surface area is 117 Å². The molecule has 1 aromatic carbocycles. The number of hydrogen-bond acceptors (Lipinski definition) is 3. The van der Waals surface area contributed by atoms with Crippen molar-refractivity contribution in [3.05, 3.63) is 35.4 Å². The molecule has 1 aliphatic rings. The lowest BCUT2D eigenvalue weighted by atomic mass is 9.95. The SMILES string of the molecule is CN1CCN(C)C(C(N)c2cccc(C(F)(F)F)c2)C1. The van der Waals surface area contributed by atoms with Crippen LogP contribution in [-0.4, -0.2) is 49.6 Å². The molecule has 112 valence electrons. The molecule has 2 atom stereocenters. The lowest BCUT2D eigenvalue weighted by Gasteiger charge is -2.40. The summed E-state index contributed by atoms with van der Waals surface area (Å²) in [6.07, 6.45) is -4.33. The molecule has 2 rings (SSSR count). The fraction of sp³-hybridized carbons (Fsp3) is 0.571. The highest BCUT2D eigenvalue weighted by molar-refractivity contribution is 5.29. The minimum atomic E-state index is -4.33. The van der Waals surface area contributed by atoms with E-state index >= 15 is 0 Å². The van der Waals surface area contributed by atoms with Crippen LogP contribution < -0.4 is 5.73 Å². The zero-order chi connectivity index (χ0) is 14.9. The quantitative estimate of drug-likeness (QED) is 0.902. The van der Waals surface area contributed by atoms with E-state index in [0.717, 1.165) is 31.8 Å². The summed E-state index contributed by atoms with van der Waals surface area (Å²) >= 11 is 0. The molecule has 1 fully saturated rings. The molecule has 0 bridgehead atoms. The van der Waals surface area contributed by atoms with Crippen molar-refractivity contribution in [2.75, 3.05) is 33.7 Å². The van der Waals surface area contributed by atoms with Gasteiger partial charge < -0.3 is 10.6 Å². The first-order valence-corrected chi connectivity index (χ1v) is 6.60. The molecule has 0 saturated carbocycles. The Hall–Kier alpha value is -1.11. The van der Waals surface area contributed by atoms with Crippen LogP contribution in [0.2, 0.25) is 0 Å². The first kappa shape index (κ1) is 15.3. The van der Waals surface area contributed by atoms with E-state index in [1.54, 1.807) is 6.07 Å². The number of hydrogen-bond donors (Lipinski definition) is 1. The summed E-state index contributed by atoms with van der Waals surface area (Å²) in [7, 11) is 3.96. The van der Waals surface area contributed by atoms with Crippen LogP contribution in [0.15, 0.2) is 24.3 Å². The summed E-state index contributed by atoms with van der Waals surface area (Å²) in [5.41, 5.74) is 6.09. The average Bonchev–Trinajstić information content (AvgIpc) is 2.40. The van der Waals surface area contributed by atoms with Gasteiger partial charge in [0.2, 0.25) is 0 Å². The van der Waals surface area contributed by atoms with Gasteiger partial charge in [-0.15, -0.1) is 0 Å². The van der Waals surface area contributed by atoms with E-state index in [9.17, 15) is 13.2 Å². The first-order chi connectivity index (χ1) is 9.29. The highest BCUT2D eigenvalue weighted by Gasteiger charge is 2.33. The van der Waals surface area contributed by atoms with Crippen molar-refractivity contribution in [1.82, 2.24) is 9.80 Å². The third kappa shape index (κ3) is 3.31. The van der Waals surface area contributed by atoms with E-state index in [1.165, 1.54) is 6.07 Å². The summed E-state index contributed by atoms with van der Waals surface area (Å²) in [5, 5.41) is 0. The third-order valence-corrected chi connectivity index (χ3v) is 3.91. The van der Waals surface area contributed by atoms with E-state index in [2.05, 4.69) is 9.80 Å². The van der Waals surface area contributed by atoms with Gasteiger partial charge in [0.25, 0.3) is 0 Å². The standard InChI is InChI=1S/C14H20F3N3/c1-19-6-7-20(2)12(9-19)13(18)10-4-3-5-11(8-10)14(15,16)17/h3-5,8,12-13H,6-7,9,18H2,1-2H3. The monoisotopic (exact) mass is 287 g/mol. The zero-order valence-electron chi connectivity index (χ0n) is 11.7. The smallest absolute Gasteiger partial charge is 0.323 e. The van der Waals surface area contributed by atoms with Gasteiger partial charge in [-0.3, -0.25) is 4.90 Å². The average molecular weight is 287 g/mol. The molecular weight excluding hydrogens is 267 g/mol. The van der Waals surface area contributed by atoms with Gasteiger partial charge in [-0.25, -0.2) is 0 Å². The number of nitrogens with zero attached hydrogens (tertiary/aromatic N) is 2. The highest BCUT2D eigenvalue weighted by Crippen LogP contribution is 2.31. The molecule has 0 spiro atoms. The highest BCUT2D eigenvalue weighted by atomic mass is 19.4. The predicted octanol–water partition coefficient (Wildman–Crippen LogP) is 1.95. The van der Waals surface area contributed by atoms with Crippen LogP contribution >= 0.6 is 0 Å². The minimum absolute atomic E-state index is 0.0252. The van der Waals surface area contributed by atoms with Crippen LogP contribution in [0, 0.1) is 0 Å². The van der Waals surface area contributed by atoms with Crippen molar-refractivity contribution < 1.29 is 13.2 Å². The second kappa shape index (κ2) is 5.71. The Balaban J connectivity index is 2.22. The van der Waals surface area contributed by atoms with Crippen molar-refractivity contribution in [2.45, 2.75) is 18.3 Å². The molecule has 0 aliphatic carbocycles. The van der Waals surface area contributed by atoms with Crippen molar-refractivity contribution >= 4 is 0 Å². The maximum Gasteiger partial charge on any atom is 0.416 e. The zero-order valence-corrected chi connectivity index (χ0v) is 11.7. The molecule has 6 heteroatoms. The van der Waals surface area contributed by atoms with E-state index in [4.69, 9.17) is 5.73 Å². The van der Waals surface area contributed by atoms with Gasteiger partial charge in [-0.1, -0.05) is 12.1 Å². The second-order valence-corrected chi connectivity index (χ2v) is 5.46. The summed E-state index contributed by atoms with van der Waals surface area (Å²) in [6, 6.07) is 4.93. The summed E-state index contributed by atoms with van der Waals surface area (Å²) < 4.78 is 38.3. The van der Waals surface area contributed by atoms with Crippen LogP contribution in [0.25, 0.3) is 0 Å². The number of benzene rings is 1. The van der Waals surface area contributed by atoms with Gasteiger partial charge in [-0.05, 0) is 31.8 Å². The second-order valence-electron chi connectivity index (χ2n) is 5.46. The lowest BCUT2D eigenvalue weighted by Crippen LogP contribution is -2.54. The van der Waals surface area contributed by atoms with Crippen molar-refractivity contribution in [3.8, 4) is 0 Å². The van der Waals surface area contributed by atoms with Gasteiger partial charge in [0.05, 0.1) is 5.56 Å². The van der Waals surface area contributed by atoms with Gasteiger partial charge >= 0.3 is 6.18 Å². The van der Waals surface area contributed by atoms with Crippen LogP contribution in [-0.2, 0) is 6.18 Å². The molecule has 1 aliphatic heterocycles. The maximum absolute atomic E-state index is 12.8. The molecule has 1 aromatic rings. The summed E-state index contributed by atoms with van der Waals surface area (Å²) in [5.74, 6) is 0. The Morgan fingerprint density at radius 1 is 1.25 bits per heavy atom.